The van der Waals surface area contributed by atoms with Crippen LogP contribution in [0.3, 0.4) is 0 Å². The third-order valence-electron chi connectivity index (χ3n) is 5.19. The monoisotopic (exact) mass is 370 g/mol. The van der Waals surface area contributed by atoms with E-state index in [0.29, 0.717) is 11.8 Å². The van der Waals surface area contributed by atoms with Gasteiger partial charge in [-0.25, -0.2) is 4.98 Å². The average Bonchev–Trinajstić information content (AvgIpc) is 3.15. The first-order chi connectivity index (χ1) is 12.6. The Hall–Kier alpha value is -1.92. The van der Waals surface area contributed by atoms with Gasteiger partial charge in [-0.15, -0.1) is 5.10 Å². The van der Waals surface area contributed by atoms with Crippen LogP contribution in [0.1, 0.15) is 49.5 Å². The first-order valence-electron chi connectivity index (χ1n) is 9.43. The zero-order chi connectivity index (χ0) is 18.3. The number of fused-ring (bicyclic) bond motifs is 1. The molecule has 1 aliphatic rings. The standard InChI is InChI=1S/C20H26N4OS/c1-4-16-21-20-24(22-16)19(25)18(26-20)17(15-8-6-5-7-9-15)23-11-13(2)10-14(3)12-23/h5-9,13-14,17,25H,4,10-12H2,1-3H3/t13-,14+,17-/m0/s1. The summed E-state index contributed by atoms with van der Waals surface area (Å²) in [5.41, 5.74) is 1.21. The second-order valence-electron chi connectivity index (χ2n) is 7.58. The zero-order valence-corrected chi connectivity index (χ0v) is 16.4. The lowest BCUT2D eigenvalue weighted by Gasteiger charge is -2.40. The fourth-order valence-electron chi connectivity index (χ4n) is 4.20. The molecule has 5 nitrogen and oxygen atoms in total. The molecule has 0 unspecified atom stereocenters. The summed E-state index contributed by atoms with van der Waals surface area (Å²) < 4.78 is 1.60. The van der Waals surface area contributed by atoms with Crippen molar-refractivity contribution in [2.75, 3.05) is 13.1 Å². The number of aromatic hydroxyl groups is 1. The number of piperidine rings is 1. The van der Waals surface area contributed by atoms with Crippen molar-refractivity contribution in [1.29, 1.82) is 0 Å². The molecule has 1 saturated heterocycles. The maximum atomic E-state index is 10.9. The van der Waals surface area contributed by atoms with E-state index in [2.05, 4.69) is 53.1 Å². The Morgan fingerprint density at radius 3 is 2.50 bits per heavy atom. The molecule has 1 aromatic carbocycles. The van der Waals surface area contributed by atoms with Crippen LogP contribution < -0.4 is 0 Å². The van der Waals surface area contributed by atoms with Crippen molar-refractivity contribution in [2.45, 2.75) is 39.7 Å². The molecule has 1 fully saturated rings. The van der Waals surface area contributed by atoms with E-state index in [1.54, 1.807) is 15.9 Å². The van der Waals surface area contributed by atoms with E-state index in [0.717, 1.165) is 35.2 Å². The molecular weight excluding hydrogens is 344 g/mol. The van der Waals surface area contributed by atoms with E-state index < -0.39 is 0 Å². The third kappa shape index (κ3) is 3.12. The minimum absolute atomic E-state index is 0.0416. The summed E-state index contributed by atoms with van der Waals surface area (Å²) >= 11 is 1.56. The van der Waals surface area contributed by atoms with Crippen molar-refractivity contribution < 1.29 is 5.11 Å². The first kappa shape index (κ1) is 17.5. The van der Waals surface area contributed by atoms with E-state index >= 15 is 0 Å². The Kier molecular flexibility index (Phi) is 4.71. The van der Waals surface area contributed by atoms with Gasteiger partial charge in [-0.3, -0.25) is 4.90 Å². The normalized spacial score (nSPS) is 22.7. The van der Waals surface area contributed by atoms with Crippen LogP contribution in [-0.4, -0.2) is 37.7 Å². The minimum atomic E-state index is 0.0416. The van der Waals surface area contributed by atoms with Gasteiger partial charge in [-0.2, -0.15) is 4.52 Å². The average molecular weight is 371 g/mol. The molecule has 26 heavy (non-hydrogen) atoms. The summed E-state index contributed by atoms with van der Waals surface area (Å²) in [6.45, 7) is 8.75. The summed E-state index contributed by atoms with van der Waals surface area (Å²) in [5, 5.41) is 15.4. The highest BCUT2D eigenvalue weighted by Crippen LogP contribution is 2.41. The molecule has 0 bridgehead atoms. The molecule has 138 valence electrons. The fourth-order valence-corrected chi connectivity index (χ4v) is 5.34. The van der Waals surface area contributed by atoms with Gasteiger partial charge in [0.25, 0.3) is 0 Å². The minimum Gasteiger partial charge on any atom is -0.492 e. The molecular formula is C20H26N4OS. The topological polar surface area (TPSA) is 53.7 Å². The highest BCUT2D eigenvalue weighted by Gasteiger charge is 2.33. The molecule has 3 heterocycles. The summed E-state index contributed by atoms with van der Waals surface area (Å²) in [5.74, 6) is 2.31. The molecule has 2 aromatic heterocycles. The maximum Gasteiger partial charge on any atom is 0.230 e. The highest BCUT2D eigenvalue weighted by molar-refractivity contribution is 7.17. The zero-order valence-electron chi connectivity index (χ0n) is 15.6. The molecule has 0 saturated carbocycles. The number of benzene rings is 1. The van der Waals surface area contributed by atoms with Gasteiger partial charge in [0.2, 0.25) is 10.8 Å². The molecule has 3 aromatic rings. The lowest BCUT2D eigenvalue weighted by atomic mass is 9.89. The molecule has 0 spiro atoms. The van der Waals surface area contributed by atoms with Crippen LogP contribution >= 0.6 is 11.3 Å². The second kappa shape index (κ2) is 7.00. The van der Waals surface area contributed by atoms with Gasteiger partial charge < -0.3 is 5.11 Å². The van der Waals surface area contributed by atoms with Gasteiger partial charge in [-0.1, -0.05) is 62.4 Å². The highest BCUT2D eigenvalue weighted by atomic mass is 32.1. The number of aryl methyl sites for hydroxylation is 1. The van der Waals surface area contributed by atoms with E-state index in [-0.39, 0.29) is 11.9 Å². The summed E-state index contributed by atoms with van der Waals surface area (Å²) in [6.07, 6.45) is 2.03. The molecule has 0 radical (unpaired) electrons. The first-order valence-corrected chi connectivity index (χ1v) is 10.2. The van der Waals surface area contributed by atoms with Crippen molar-refractivity contribution >= 4 is 16.3 Å². The van der Waals surface area contributed by atoms with Gasteiger partial charge in [-0.05, 0) is 23.8 Å². The SMILES string of the molecule is CCc1nc2sc([C@H](c3ccccc3)N3C[C@H](C)C[C@H](C)C3)c(O)n2n1. The Morgan fingerprint density at radius 2 is 1.88 bits per heavy atom. The summed E-state index contributed by atoms with van der Waals surface area (Å²) in [4.78, 5) is 8.78. The van der Waals surface area contributed by atoms with Gasteiger partial charge in [0, 0.05) is 19.5 Å². The van der Waals surface area contributed by atoms with Gasteiger partial charge in [0.15, 0.2) is 5.82 Å². The number of aromatic nitrogens is 3. The smallest absolute Gasteiger partial charge is 0.230 e. The molecule has 3 atom stereocenters. The van der Waals surface area contributed by atoms with Crippen LogP contribution in [0.4, 0.5) is 0 Å². The number of thiazole rings is 1. The van der Waals surface area contributed by atoms with E-state index in [4.69, 9.17) is 0 Å². The third-order valence-corrected chi connectivity index (χ3v) is 6.26. The number of nitrogens with zero attached hydrogens (tertiary/aromatic N) is 4. The summed E-state index contributed by atoms with van der Waals surface area (Å²) in [7, 11) is 0. The largest absolute Gasteiger partial charge is 0.492 e. The molecule has 1 N–H and O–H groups in total. The molecule has 1 aliphatic heterocycles. The van der Waals surface area contributed by atoms with Crippen LogP contribution in [0.25, 0.3) is 4.96 Å². The number of hydrogen-bond donors (Lipinski definition) is 1. The Bertz CT molecular complexity index is 878. The van der Waals surface area contributed by atoms with E-state index in [1.165, 1.54) is 12.0 Å². The van der Waals surface area contributed by atoms with E-state index in [9.17, 15) is 5.11 Å². The lowest BCUT2D eigenvalue weighted by Crippen LogP contribution is -2.41. The molecule has 4 rings (SSSR count). The van der Waals surface area contributed by atoms with Crippen molar-refractivity contribution in [1.82, 2.24) is 19.5 Å². The fraction of sp³-hybridized carbons (Fsp3) is 0.500. The predicted molar refractivity (Wildman–Crippen MR) is 105 cm³/mol. The molecule has 0 amide bonds. The summed E-state index contributed by atoms with van der Waals surface area (Å²) in [6, 6.07) is 10.5. The van der Waals surface area contributed by atoms with Crippen LogP contribution in [-0.2, 0) is 6.42 Å². The Morgan fingerprint density at radius 1 is 1.19 bits per heavy atom. The van der Waals surface area contributed by atoms with E-state index in [1.807, 2.05) is 13.0 Å². The van der Waals surface area contributed by atoms with Crippen molar-refractivity contribution in [2.24, 2.45) is 11.8 Å². The van der Waals surface area contributed by atoms with Crippen LogP contribution in [0.5, 0.6) is 5.88 Å². The quantitative estimate of drug-likeness (QED) is 0.750. The van der Waals surface area contributed by atoms with Crippen molar-refractivity contribution in [3.8, 4) is 5.88 Å². The molecule has 6 heteroatoms. The molecule has 0 aliphatic carbocycles. The Balaban J connectivity index is 1.80. The van der Waals surface area contributed by atoms with Gasteiger partial charge in [0.1, 0.15) is 0 Å². The predicted octanol–water partition coefficient (Wildman–Crippen LogP) is 4.13. The maximum absolute atomic E-state index is 10.9. The number of hydrogen-bond acceptors (Lipinski definition) is 5. The van der Waals surface area contributed by atoms with Gasteiger partial charge >= 0.3 is 0 Å². The van der Waals surface area contributed by atoms with Crippen LogP contribution in [0.15, 0.2) is 30.3 Å². The number of rotatable bonds is 4. The van der Waals surface area contributed by atoms with Crippen molar-refractivity contribution in [3.63, 3.8) is 0 Å². The Labute approximate surface area is 158 Å². The number of likely N-dealkylation sites (tertiary alicyclic amines) is 1. The lowest BCUT2D eigenvalue weighted by molar-refractivity contribution is 0.112. The van der Waals surface area contributed by atoms with Gasteiger partial charge in [0.05, 0.1) is 10.9 Å². The van der Waals surface area contributed by atoms with Crippen LogP contribution in [0.2, 0.25) is 0 Å². The van der Waals surface area contributed by atoms with Crippen molar-refractivity contribution in [3.05, 3.63) is 46.6 Å². The van der Waals surface area contributed by atoms with Crippen LogP contribution in [0, 0.1) is 11.8 Å². The second-order valence-corrected chi connectivity index (χ2v) is 8.59.